The third-order valence-electron chi connectivity index (χ3n) is 6.47. The van der Waals surface area contributed by atoms with Gasteiger partial charge in [0, 0.05) is 36.9 Å². The molecule has 0 spiro atoms. The van der Waals surface area contributed by atoms with Crippen LogP contribution in [0.1, 0.15) is 76.3 Å². The fraction of sp³-hybridized carbons (Fsp3) is 0.414. The summed E-state index contributed by atoms with van der Waals surface area (Å²) in [6.07, 6.45) is 11.8. The molecule has 0 amide bonds. The molecule has 0 bridgehead atoms. The molecule has 0 saturated carbocycles. The van der Waals surface area contributed by atoms with Crippen LogP contribution in [0.15, 0.2) is 45.8 Å². The number of unbranched alkanes of at least 4 members (excludes halogenated alkanes) is 6. The van der Waals surface area contributed by atoms with Crippen LogP contribution in [0.25, 0.3) is 30.6 Å². The van der Waals surface area contributed by atoms with E-state index < -0.39 is 15.8 Å². The van der Waals surface area contributed by atoms with E-state index in [4.69, 9.17) is 0 Å². The van der Waals surface area contributed by atoms with Crippen LogP contribution in [0.3, 0.4) is 0 Å². The fourth-order valence-corrected chi connectivity index (χ4v) is 9.45. The Morgan fingerprint density at radius 1 is 0.714 bits per heavy atom. The molecule has 0 aliphatic heterocycles. The highest BCUT2D eigenvalue weighted by Crippen LogP contribution is 2.50. The van der Waals surface area contributed by atoms with Gasteiger partial charge in [0.15, 0.2) is 0 Å². The van der Waals surface area contributed by atoms with Crippen LogP contribution in [0, 0.1) is 0 Å². The number of hydrogen-bond acceptors (Lipinski definition) is 5. The first-order valence-corrected chi connectivity index (χ1v) is 16.7. The van der Waals surface area contributed by atoms with Crippen molar-refractivity contribution in [2.75, 3.05) is 0 Å². The molecular formula is C29H34O2S4. The van der Waals surface area contributed by atoms with E-state index in [1.54, 1.807) is 22.7 Å². The van der Waals surface area contributed by atoms with Gasteiger partial charge in [-0.3, -0.25) is 0 Å². The first-order chi connectivity index (χ1) is 17.2. The summed E-state index contributed by atoms with van der Waals surface area (Å²) in [6, 6.07) is 8.76. The van der Waals surface area contributed by atoms with Gasteiger partial charge >= 0.3 is 5.30 Å². The Bertz CT molecular complexity index is 1220. The minimum absolute atomic E-state index is 0.935. The third-order valence-corrected chi connectivity index (χ3v) is 11.1. The third kappa shape index (κ3) is 6.16. The van der Waals surface area contributed by atoms with Crippen molar-refractivity contribution in [1.82, 2.24) is 0 Å². The van der Waals surface area contributed by atoms with E-state index in [2.05, 4.69) is 48.2 Å². The molecule has 4 heterocycles. The molecule has 6 heteroatoms. The van der Waals surface area contributed by atoms with Crippen LogP contribution < -0.4 is 5.11 Å². The second-order valence-corrected chi connectivity index (χ2v) is 13.4. The van der Waals surface area contributed by atoms with Gasteiger partial charge in [-0.05, 0) is 71.7 Å². The number of thiophene rings is 4. The van der Waals surface area contributed by atoms with Crippen LogP contribution >= 0.6 is 44.5 Å². The van der Waals surface area contributed by atoms with Crippen molar-refractivity contribution < 1.29 is 9.90 Å². The molecule has 0 saturated heterocycles. The number of carboxylic acid groups (broad SMARTS) is 1. The van der Waals surface area contributed by atoms with Gasteiger partial charge in [0.1, 0.15) is 5.38 Å². The van der Waals surface area contributed by atoms with Crippen LogP contribution in [0.2, 0.25) is 0 Å². The second-order valence-electron chi connectivity index (χ2n) is 8.97. The highest BCUT2D eigenvalue weighted by atomic mass is 32.2. The lowest BCUT2D eigenvalue weighted by Crippen LogP contribution is -2.16. The average molecular weight is 543 g/mol. The average Bonchev–Trinajstić information content (AvgIpc) is 3.64. The van der Waals surface area contributed by atoms with Gasteiger partial charge in [0.25, 0.3) is 0 Å². The molecule has 0 radical (unpaired) electrons. The van der Waals surface area contributed by atoms with E-state index in [0.29, 0.717) is 0 Å². The number of hydrogen-bond donors (Lipinski definition) is 0. The normalized spacial score (nSPS) is 11.9. The molecule has 4 rings (SSSR count). The Hall–Kier alpha value is -1.73. The summed E-state index contributed by atoms with van der Waals surface area (Å²) in [7, 11) is -0.987. The molecule has 0 fully saturated rings. The van der Waals surface area contributed by atoms with Crippen molar-refractivity contribution in [1.29, 1.82) is 0 Å². The molecule has 0 aliphatic carbocycles. The first-order valence-electron chi connectivity index (χ1n) is 12.7. The maximum absolute atomic E-state index is 12.1. The predicted molar refractivity (Wildman–Crippen MR) is 155 cm³/mol. The van der Waals surface area contributed by atoms with Gasteiger partial charge < -0.3 is 9.90 Å². The van der Waals surface area contributed by atoms with Crippen molar-refractivity contribution in [2.24, 2.45) is 0 Å². The molecular weight excluding hydrogens is 509 g/mol. The SMILES string of the molecule is CCCCCCc1ccsc1-c1ccsc1-c1ccsc1-c1c(CCCCCC)cc[s+]1C(=O)[O-]. The van der Waals surface area contributed by atoms with E-state index in [-0.39, 0.29) is 0 Å². The Kier molecular flexibility index (Phi) is 9.78. The summed E-state index contributed by atoms with van der Waals surface area (Å²) in [5.74, 6) is 0. The summed E-state index contributed by atoms with van der Waals surface area (Å²) in [4.78, 5) is 16.8. The molecule has 4 aromatic heterocycles. The van der Waals surface area contributed by atoms with Gasteiger partial charge in [-0.2, -0.15) is 0 Å². The van der Waals surface area contributed by atoms with Crippen LogP contribution in [0.5, 0.6) is 0 Å². The number of carbonyl (C=O) groups excluding carboxylic acids is 1. The molecule has 0 aromatic carbocycles. The fourth-order valence-electron chi connectivity index (χ4n) is 4.63. The highest BCUT2D eigenvalue weighted by Gasteiger charge is 2.28. The standard InChI is InChI=1S/C29H34O2S4/c1-3-5-7-9-11-21-13-17-32-25(21)23-14-18-33-26(23)24-15-19-34-27(24)28-22(12-10-8-6-4-2)16-20-35(28)29(30)31/h13-20H,3-12H2,1-2H3. The summed E-state index contributed by atoms with van der Waals surface area (Å²) in [5.41, 5.74) is 5.09. The summed E-state index contributed by atoms with van der Waals surface area (Å²) >= 11 is 5.26. The second kappa shape index (κ2) is 13.0. The number of carbonyl (C=O) groups is 1. The zero-order chi connectivity index (χ0) is 24.6. The van der Waals surface area contributed by atoms with Crippen LogP contribution in [-0.4, -0.2) is 5.30 Å². The monoisotopic (exact) mass is 542 g/mol. The topological polar surface area (TPSA) is 40.1 Å². The summed E-state index contributed by atoms with van der Waals surface area (Å²) in [5, 5.41) is 19.5. The maximum Gasteiger partial charge on any atom is 0.301 e. The predicted octanol–water partition coefficient (Wildman–Crippen LogP) is 10.1. The quantitative estimate of drug-likeness (QED) is 0.117. The lowest BCUT2D eigenvalue weighted by molar-refractivity contribution is -0.233. The Morgan fingerprint density at radius 2 is 1.29 bits per heavy atom. The van der Waals surface area contributed by atoms with Crippen molar-refractivity contribution in [3.8, 4) is 30.6 Å². The van der Waals surface area contributed by atoms with Crippen molar-refractivity contribution in [2.45, 2.75) is 78.1 Å². The smallest absolute Gasteiger partial charge is 0.301 e. The van der Waals surface area contributed by atoms with Gasteiger partial charge in [-0.15, -0.1) is 34.0 Å². The van der Waals surface area contributed by atoms with E-state index >= 15 is 0 Å². The molecule has 0 N–H and O–H groups in total. The molecule has 1 unspecified atom stereocenters. The number of aryl methyl sites for hydroxylation is 2. The van der Waals surface area contributed by atoms with E-state index in [9.17, 15) is 9.90 Å². The van der Waals surface area contributed by atoms with Crippen LogP contribution in [0.4, 0.5) is 4.79 Å². The molecule has 1 atom stereocenters. The van der Waals surface area contributed by atoms with Gasteiger partial charge in [0.2, 0.25) is 4.88 Å². The van der Waals surface area contributed by atoms with Gasteiger partial charge in [-0.25, -0.2) is 0 Å². The van der Waals surface area contributed by atoms with Crippen molar-refractivity contribution in [3.63, 3.8) is 0 Å². The Labute approximate surface area is 224 Å². The molecule has 0 aliphatic rings. The Balaban J connectivity index is 1.68. The van der Waals surface area contributed by atoms with Crippen LogP contribution in [-0.2, 0) is 12.8 Å². The lowest BCUT2D eigenvalue weighted by atomic mass is 10.0. The maximum atomic E-state index is 12.1. The molecule has 35 heavy (non-hydrogen) atoms. The summed E-state index contributed by atoms with van der Waals surface area (Å²) < 4.78 is 0. The molecule has 186 valence electrons. The van der Waals surface area contributed by atoms with E-state index in [1.165, 1.54) is 77.0 Å². The zero-order valence-electron chi connectivity index (χ0n) is 20.6. The molecule has 2 nitrogen and oxygen atoms in total. The van der Waals surface area contributed by atoms with Crippen molar-refractivity contribution in [3.05, 3.63) is 56.9 Å². The summed E-state index contributed by atoms with van der Waals surface area (Å²) in [6.45, 7) is 4.47. The zero-order valence-corrected chi connectivity index (χ0v) is 23.9. The minimum atomic E-state index is -0.987. The first kappa shape index (κ1) is 26.3. The molecule has 4 aromatic rings. The largest absolute Gasteiger partial charge is 0.500 e. The van der Waals surface area contributed by atoms with E-state index in [1.807, 2.05) is 22.8 Å². The highest BCUT2D eigenvalue weighted by molar-refractivity contribution is 7.52. The lowest BCUT2D eigenvalue weighted by Gasteiger charge is -2.08. The minimum Gasteiger partial charge on any atom is -0.500 e. The number of rotatable bonds is 14. The van der Waals surface area contributed by atoms with Gasteiger partial charge in [0.05, 0.1) is 4.88 Å². The van der Waals surface area contributed by atoms with Gasteiger partial charge in [-0.1, -0.05) is 52.4 Å². The van der Waals surface area contributed by atoms with Crippen molar-refractivity contribution >= 4 is 49.8 Å². The van der Waals surface area contributed by atoms with E-state index in [0.717, 1.165) is 29.0 Å². The Morgan fingerprint density at radius 3 is 1.94 bits per heavy atom.